The fraction of sp³-hybridized carbons (Fsp3) is 0.176. The van der Waals surface area contributed by atoms with E-state index in [1.54, 1.807) is 12.4 Å². The number of pyridine rings is 1. The van der Waals surface area contributed by atoms with E-state index in [4.69, 9.17) is 5.11 Å². The van der Waals surface area contributed by atoms with Crippen molar-refractivity contribution >= 4 is 17.7 Å². The third-order valence-electron chi connectivity index (χ3n) is 3.43. The lowest BCUT2D eigenvalue weighted by atomic mass is 10.2. The van der Waals surface area contributed by atoms with Crippen LogP contribution < -0.4 is 0 Å². The first-order valence-electron chi connectivity index (χ1n) is 7.38. The van der Waals surface area contributed by atoms with Crippen LogP contribution in [0.5, 0.6) is 0 Å². The number of carboxylic acids is 1. The molecule has 0 spiro atoms. The van der Waals surface area contributed by atoms with Gasteiger partial charge in [0.2, 0.25) is 0 Å². The molecule has 2 aromatic heterocycles. The minimum Gasteiger partial charge on any atom is -0.481 e. The number of aromatic nitrogens is 4. The van der Waals surface area contributed by atoms with Gasteiger partial charge in [-0.1, -0.05) is 29.5 Å². The maximum absolute atomic E-state index is 10.9. The molecule has 0 saturated carbocycles. The molecular weight excluding hydrogens is 324 g/mol. The van der Waals surface area contributed by atoms with Crippen LogP contribution in [0.25, 0.3) is 5.69 Å². The lowest BCUT2D eigenvalue weighted by molar-refractivity contribution is -0.133. The average Bonchev–Trinajstić information content (AvgIpc) is 2.97. The lowest BCUT2D eigenvalue weighted by Crippen LogP contribution is -2.05. The summed E-state index contributed by atoms with van der Waals surface area (Å²) in [5.74, 6) is -0.175. The molecule has 0 fully saturated rings. The minimum absolute atomic E-state index is 0.0563. The highest BCUT2D eigenvalue weighted by atomic mass is 32.2. The molecule has 2 heterocycles. The highest BCUT2D eigenvalue weighted by molar-refractivity contribution is 7.99. The Bertz CT molecular complexity index is 832. The Labute approximate surface area is 143 Å². The first-order chi connectivity index (χ1) is 11.6. The fourth-order valence-corrected chi connectivity index (χ4v) is 2.96. The van der Waals surface area contributed by atoms with Gasteiger partial charge in [-0.05, 0) is 36.8 Å². The summed E-state index contributed by atoms with van der Waals surface area (Å²) in [6.45, 7) is 2.02. The van der Waals surface area contributed by atoms with Crippen molar-refractivity contribution in [3.63, 3.8) is 0 Å². The van der Waals surface area contributed by atoms with Crippen molar-refractivity contribution < 1.29 is 9.90 Å². The van der Waals surface area contributed by atoms with Gasteiger partial charge in [0.15, 0.2) is 5.16 Å². The standard InChI is InChI=1S/C17H16N4O2S/c1-12-2-4-14(5-3-12)21-15(10-13-6-8-18-9-7-13)19-20-17(21)24-11-16(22)23/h2-9H,10-11H2,1H3,(H,22,23). The van der Waals surface area contributed by atoms with Crippen LogP contribution in [0, 0.1) is 6.92 Å². The maximum atomic E-state index is 10.9. The molecule has 0 atom stereocenters. The van der Waals surface area contributed by atoms with E-state index >= 15 is 0 Å². The van der Waals surface area contributed by atoms with Crippen molar-refractivity contribution in [3.05, 3.63) is 65.7 Å². The van der Waals surface area contributed by atoms with E-state index in [-0.39, 0.29) is 5.75 Å². The molecule has 0 aliphatic carbocycles. The molecule has 0 aliphatic rings. The molecule has 0 amide bonds. The minimum atomic E-state index is -0.880. The number of nitrogens with zero attached hydrogens (tertiary/aromatic N) is 4. The van der Waals surface area contributed by atoms with Gasteiger partial charge in [0.05, 0.1) is 5.75 Å². The fourth-order valence-electron chi connectivity index (χ4n) is 2.27. The first kappa shape index (κ1) is 16.2. The average molecular weight is 340 g/mol. The molecule has 1 aromatic carbocycles. The van der Waals surface area contributed by atoms with Crippen molar-refractivity contribution in [1.29, 1.82) is 0 Å². The second-order valence-electron chi connectivity index (χ2n) is 5.28. The Kier molecular flexibility index (Phi) is 4.90. The number of carboxylic acid groups (broad SMARTS) is 1. The van der Waals surface area contributed by atoms with Gasteiger partial charge < -0.3 is 5.11 Å². The zero-order valence-electron chi connectivity index (χ0n) is 13.1. The Morgan fingerprint density at radius 3 is 2.50 bits per heavy atom. The summed E-state index contributed by atoms with van der Waals surface area (Å²) in [6, 6.07) is 11.9. The normalized spacial score (nSPS) is 10.7. The molecule has 122 valence electrons. The van der Waals surface area contributed by atoms with Crippen LogP contribution in [-0.4, -0.2) is 36.6 Å². The zero-order valence-corrected chi connectivity index (χ0v) is 13.9. The van der Waals surface area contributed by atoms with Gasteiger partial charge in [-0.3, -0.25) is 14.3 Å². The molecule has 0 unspecified atom stereocenters. The van der Waals surface area contributed by atoms with Gasteiger partial charge >= 0.3 is 5.97 Å². The first-order valence-corrected chi connectivity index (χ1v) is 8.37. The van der Waals surface area contributed by atoms with E-state index in [0.717, 1.165) is 34.4 Å². The quantitative estimate of drug-likeness (QED) is 0.695. The molecular formula is C17H16N4O2S. The van der Waals surface area contributed by atoms with Crippen LogP contribution in [0.15, 0.2) is 53.9 Å². The smallest absolute Gasteiger partial charge is 0.313 e. The monoisotopic (exact) mass is 340 g/mol. The number of benzene rings is 1. The second kappa shape index (κ2) is 7.27. The van der Waals surface area contributed by atoms with Crippen molar-refractivity contribution in [2.24, 2.45) is 0 Å². The van der Waals surface area contributed by atoms with Crippen molar-refractivity contribution in [1.82, 2.24) is 19.7 Å². The van der Waals surface area contributed by atoms with Crippen molar-refractivity contribution in [3.8, 4) is 5.69 Å². The maximum Gasteiger partial charge on any atom is 0.313 e. The number of aryl methyl sites for hydroxylation is 1. The molecule has 3 rings (SSSR count). The predicted molar refractivity (Wildman–Crippen MR) is 91.5 cm³/mol. The topological polar surface area (TPSA) is 80.9 Å². The third-order valence-corrected chi connectivity index (χ3v) is 4.34. The highest BCUT2D eigenvalue weighted by Gasteiger charge is 2.16. The van der Waals surface area contributed by atoms with E-state index in [0.29, 0.717) is 11.6 Å². The summed E-state index contributed by atoms with van der Waals surface area (Å²) >= 11 is 1.16. The van der Waals surface area contributed by atoms with Crippen molar-refractivity contribution in [2.75, 3.05) is 5.75 Å². The molecule has 0 bridgehead atoms. The number of hydrogen-bond acceptors (Lipinski definition) is 5. The van der Waals surface area contributed by atoms with Gasteiger partial charge in [-0.25, -0.2) is 0 Å². The molecule has 3 aromatic rings. The Balaban J connectivity index is 1.98. The van der Waals surface area contributed by atoms with Gasteiger partial charge in [0.25, 0.3) is 0 Å². The van der Waals surface area contributed by atoms with Crippen molar-refractivity contribution in [2.45, 2.75) is 18.5 Å². The van der Waals surface area contributed by atoms with Gasteiger partial charge in [0, 0.05) is 24.5 Å². The number of aliphatic carboxylic acids is 1. The van der Waals surface area contributed by atoms with Gasteiger partial charge in [-0.15, -0.1) is 10.2 Å². The Hall–Kier alpha value is -2.67. The largest absolute Gasteiger partial charge is 0.481 e. The summed E-state index contributed by atoms with van der Waals surface area (Å²) < 4.78 is 1.91. The number of thioether (sulfide) groups is 1. The molecule has 6 nitrogen and oxygen atoms in total. The van der Waals surface area contributed by atoms with Crippen LogP contribution in [0.1, 0.15) is 17.0 Å². The summed E-state index contributed by atoms with van der Waals surface area (Å²) in [5, 5.41) is 18.0. The van der Waals surface area contributed by atoms with Crippen LogP contribution >= 0.6 is 11.8 Å². The van der Waals surface area contributed by atoms with E-state index < -0.39 is 5.97 Å². The van der Waals surface area contributed by atoms with Crippen LogP contribution in [0.3, 0.4) is 0 Å². The summed E-state index contributed by atoms with van der Waals surface area (Å²) in [7, 11) is 0. The van der Waals surface area contributed by atoms with Crippen LogP contribution in [0.4, 0.5) is 0 Å². The predicted octanol–water partition coefficient (Wildman–Crippen LogP) is 2.74. The van der Waals surface area contributed by atoms with E-state index in [1.165, 1.54) is 0 Å². The third kappa shape index (κ3) is 3.80. The molecule has 0 aliphatic heterocycles. The lowest BCUT2D eigenvalue weighted by Gasteiger charge is -2.10. The van der Waals surface area contributed by atoms with E-state index in [1.807, 2.05) is 47.9 Å². The summed E-state index contributed by atoms with van der Waals surface area (Å²) in [4.78, 5) is 14.9. The Morgan fingerprint density at radius 2 is 1.83 bits per heavy atom. The second-order valence-corrected chi connectivity index (χ2v) is 6.23. The molecule has 1 N–H and O–H groups in total. The molecule has 7 heteroatoms. The number of hydrogen-bond donors (Lipinski definition) is 1. The summed E-state index contributed by atoms with van der Waals surface area (Å²) in [5.41, 5.74) is 3.14. The van der Waals surface area contributed by atoms with Gasteiger partial charge in [-0.2, -0.15) is 0 Å². The van der Waals surface area contributed by atoms with Crippen LogP contribution in [-0.2, 0) is 11.2 Å². The molecule has 24 heavy (non-hydrogen) atoms. The Morgan fingerprint density at radius 1 is 1.12 bits per heavy atom. The SMILES string of the molecule is Cc1ccc(-n2c(Cc3ccncc3)nnc2SCC(=O)O)cc1. The van der Waals surface area contributed by atoms with E-state index in [2.05, 4.69) is 15.2 Å². The summed E-state index contributed by atoms with van der Waals surface area (Å²) in [6.07, 6.45) is 4.07. The number of rotatable bonds is 6. The molecule has 0 radical (unpaired) electrons. The van der Waals surface area contributed by atoms with Gasteiger partial charge in [0.1, 0.15) is 5.82 Å². The zero-order chi connectivity index (χ0) is 16.9. The van der Waals surface area contributed by atoms with E-state index in [9.17, 15) is 4.79 Å². The molecule has 0 saturated heterocycles. The number of carbonyl (C=O) groups is 1. The highest BCUT2D eigenvalue weighted by Crippen LogP contribution is 2.23. The van der Waals surface area contributed by atoms with Crippen LogP contribution in [0.2, 0.25) is 0 Å².